The average Bonchev–Trinajstić information content (AvgIpc) is 2.31. The zero-order chi connectivity index (χ0) is 11.1. The van der Waals surface area contributed by atoms with Gasteiger partial charge in [-0.3, -0.25) is 4.90 Å². The number of ether oxygens (including phenoxy) is 1. The number of nitrogens with one attached hydrogen (secondary N) is 1. The minimum Gasteiger partial charge on any atom is -0.395 e. The van der Waals surface area contributed by atoms with Crippen LogP contribution in [-0.4, -0.2) is 62.0 Å². The zero-order valence-corrected chi connectivity index (χ0v) is 9.91. The summed E-state index contributed by atoms with van der Waals surface area (Å²) in [4.78, 5) is 2.43. The largest absolute Gasteiger partial charge is 0.395 e. The van der Waals surface area contributed by atoms with Gasteiger partial charge in [-0.05, 0) is 26.4 Å². The van der Waals surface area contributed by atoms with Crippen LogP contribution in [0, 0.1) is 0 Å². The van der Waals surface area contributed by atoms with Crippen molar-refractivity contribution in [3.05, 3.63) is 0 Å². The summed E-state index contributed by atoms with van der Waals surface area (Å²) in [5.74, 6) is 0. The van der Waals surface area contributed by atoms with E-state index in [9.17, 15) is 0 Å². The molecule has 1 aliphatic rings. The fourth-order valence-electron chi connectivity index (χ4n) is 1.90. The highest BCUT2D eigenvalue weighted by atomic mass is 16.5. The molecular formula is C11H24N2O2. The molecule has 0 amide bonds. The molecule has 0 radical (unpaired) electrons. The summed E-state index contributed by atoms with van der Waals surface area (Å²) in [6.07, 6.45) is 2.50. The number of aliphatic hydroxyl groups is 1. The van der Waals surface area contributed by atoms with Crippen LogP contribution in [0.15, 0.2) is 0 Å². The third-order valence-electron chi connectivity index (χ3n) is 3.10. The van der Waals surface area contributed by atoms with Crippen LogP contribution in [0.3, 0.4) is 0 Å². The summed E-state index contributed by atoms with van der Waals surface area (Å²) in [5, 5.41) is 12.2. The first-order chi connectivity index (χ1) is 7.30. The predicted molar refractivity (Wildman–Crippen MR) is 61.0 cm³/mol. The van der Waals surface area contributed by atoms with Crippen molar-refractivity contribution in [2.24, 2.45) is 0 Å². The van der Waals surface area contributed by atoms with E-state index in [1.54, 1.807) is 0 Å². The van der Waals surface area contributed by atoms with Crippen molar-refractivity contribution in [2.45, 2.75) is 31.9 Å². The van der Waals surface area contributed by atoms with E-state index >= 15 is 0 Å². The Balaban J connectivity index is 2.20. The number of likely N-dealkylation sites (N-methyl/N-ethyl adjacent to an activating group) is 1. The molecule has 1 aliphatic heterocycles. The van der Waals surface area contributed by atoms with Crippen molar-refractivity contribution in [3.63, 3.8) is 0 Å². The number of rotatable bonds is 6. The molecule has 15 heavy (non-hydrogen) atoms. The van der Waals surface area contributed by atoms with Crippen LogP contribution in [-0.2, 0) is 4.74 Å². The summed E-state index contributed by atoms with van der Waals surface area (Å²) in [6.45, 7) is 6.35. The van der Waals surface area contributed by atoms with E-state index in [1.807, 2.05) is 7.05 Å². The van der Waals surface area contributed by atoms with E-state index < -0.39 is 0 Å². The predicted octanol–water partition coefficient (Wildman–Crippen LogP) is 0.0676. The monoisotopic (exact) mass is 216 g/mol. The lowest BCUT2D eigenvalue weighted by Gasteiger charge is -2.33. The first-order valence-electron chi connectivity index (χ1n) is 5.92. The molecule has 0 aromatic rings. The van der Waals surface area contributed by atoms with Gasteiger partial charge in [-0.15, -0.1) is 0 Å². The van der Waals surface area contributed by atoms with Crippen LogP contribution in [0.5, 0.6) is 0 Å². The summed E-state index contributed by atoms with van der Waals surface area (Å²) >= 11 is 0. The van der Waals surface area contributed by atoms with Gasteiger partial charge in [-0.25, -0.2) is 0 Å². The number of hydrogen-bond acceptors (Lipinski definition) is 4. The Hall–Kier alpha value is -0.160. The molecule has 1 rings (SSSR count). The summed E-state index contributed by atoms with van der Waals surface area (Å²) < 4.78 is 5.61. The number of hydrogen-bond donors (Lipinski definition) is 2. The minimum atomic E-state index is 0.220. The number of nitrogens with zero attached hydrogens (tertiary/aromatic N) is 1. The van der Waals surface area contributed by atoms with Crippen LogP contribution in [0.1, 0.15) is 19.8 Å². The van der Waals surface area contributed by atoms with Crippen molar-refractivity contribution in [3.8, 4) is 0 Å². The van der Waals surface area contributed by atoms with Crippen LogP contribution in [0.2, 0.25) is 0 Å². The SMILES string of the molecule is CCC1CN(CCC(CO)NC)CCO1. The van der Waals surface area contributed by atoms with Gasteiger partial charge in [0.05, 0.1) is 19.3 Å². The van der Waals surface area contributed by atoms with E-state index in [-0.39, 0.29) is 12.6 Å². The smallest absolute Gasteiger partial charge is 0.0700 e. The highest BCUT2D eigenvalue weighted by molar-refractivity contribution is 4.73. The maximum absolute atomic E-state index is 9.05. The lowest BCUT2D eigenvalue weighted by Crippen LogP contribution is -2.44. The molecule has 2 N–H and O–H groups in total. The highest BCUT2D eigenvalue weighted by Crippen LogP contribution is 2.08. The molecule has 0 aliphatic carbocycles. The Labute approximate surface area is 92.6 Å². The first-order valence-corrected chi connectivity index (χ1v) is 5.92. The Kier molecular flexibility index (Phi) is 6.17. The van der Waals surface area contributed by atoms with Crippen LogP contribution in [0.25, 0.3) is 0 Å². The fourth-order valence-corrected chi connectivity index (χ4v) is 1.90. The van der Waals surface area contributed by atoms with E-state index in [1.165, 1.54) is 0 Å². The fraction of sp³-hybridized carbons (Fsp3) is 1.00. The Bertz CT molecular complexity index is 163. The molecule has 0 aromatic heterocycles. The summed E-state index contributed by atoms with van der Waals surface area (Å²) in [7, 11) is 1.90. The van der Waals surface area contributed by atoms with E-state index in [0.717, 1.165) is 39.1 Å². The van der Waals surface area contributed by atoms with Gasteiger partial charge >= 0.3 is 0 Å². The van der Waals surface area contributed by atoms with Crippen molar-refractivity contribution in [1.82, 2.24) is 10.2 Å². The molecule has 90 valence electrons. The average molecular weight is 216 g/mol. The van der Waals surface area contributed by atoms with E-state index in [4.69, 9.17) is 9.84 Å². The molecule has 0 bridgehead atoms. The molecule has 1 saturated heterocycles. The second kappa shape index (κ2) is 7.17. The highest BCUT2D eigenvalue weighted by Gasteiger charge is 2.19. The quantitative estimate of drug-likeness (QED) is 0.659. The standard InChI is InChI=1S/C11H24N2O2/c1-3-11-8-13(6-7-15-11)5-4-10(9-14)12-2/h10-12,14H,3-9H2,1-2H3. The Morgan fingerprint density at radius 2 is 2.40 bits per heavy atom. The molecule has 0 aromatic carbocycles. The third kappa shape index (κ3) is 4.47. The van der Waals surface area contributed by atoms with Gasteiger partial charge in [0, 0.05) is 19.1 Å². The first kappa shape index (κ1) is 12.9. The molecule has 4 heteroatoms. The minimum absolute atomic E-state index is 0.220. The van der Waals surface area contributed by atoms with Crippen molar-refractivity contribution >= 4 is 0 Å². The summed E-state index contributed by atoms with van der Waals surface area (Å²) in [6, 6.07) is 0.230. The molecule has 2 unspecified atom stereocenters. The van der Waals surface area contributed by atoms with Gasteiger partial charge in [0.25, 0.3) is 0 Å². The van der Waals surface area contributed by atoms with Crippen molar-refractivity contribution in [1.29, 1.82) is 0 Å². The van der Waals surface area contributed by atoms with Crippen LogP contribution < -0.4 is 5.32 Å². The Morgan fingerprint density at radius 3 is 3.00 bits per heavy atom. The van der Waals surface area contributed by atoms with Gasteiger partial charge < -0.3 is 15.2 Å². The topological polar surface area (TPSA) is 44.7 Å². The van der Waals surface area contributed by atoms with Gasteiger partial charge in [-0.1, -0.05) is 6.92 Å². The lowest BCUT2D eigenvalue weighted by atomic mass is 10.1. The molecule has 1 fully saturated rings. The van der Waals surface area contributed by atoms with Gasteiger partial charge in [0.2, 0.25) is 0 Å². The molecule has 4 nitrogen and oxygen atoms in total. The zero-order valence-electron chi connectivity index (χ0n) is 9.91. The van der Waals surface area contributed by atoms with Crippen molar-refractivity contribution in [2.75, 3.05) is 39.9 Å². The van der Waals surface area contributed by atoms with E-state index in [2.05, 4.69) is 17.1 Å². The second-order valence-electron chi connectivity index (χ2n) is 4.16. The normalized spacial score (nSPS) is 25.4. The number of morpholine rings is 1. The van der Waals surface area contributed by atoms with Gasteiger partial charge in [-0.2, -0.15) is 0 Å². The molecule has 0 saturated carbocycles. The number of aliphatic hydroxyl groups excluding tert-OH is 1. The van der Waals surface area contributed by atoms with Crippen LogP contribution >= 0.6 is 0 Å². The molecule has 0 spiro atoms. The Morgan fingerprint density at radius 1 is 1.60 bits per heavy atom. The van der Waals surface area contributed by atoms with Crippen LogP contribution in [0.4, 0.5) is 0 Å². The molecule has 1 heterocycles. The van der Waals surface area contributed by atoms with E-state index in [0.29, 0.717) is 6.10 Å². The van der Waals surface area contributed by atoms with Gasteiger partial charge in [0.15, 0.2) is 0 Å². The van der Waals surface area contributed by atoms with Crippen molar-refractivity contribution < 1.29 is 9.84 Å². The molecular weight excluding hydrogens is 192 g/mol. The van der Waals surface area contributed by atoms with Gasteiger partial charge in [0.1, 0.15) is 0 Å². The molecule has 2 atom stereocenters. The maximum Gasteiger partial charge on any atom is 0.0700 e. The second-order valence-corrected chi connectivity index (χ2v) is 4.16. The third-order valence-corrected chi connectivity index (χ3v) is 3.10. The maximum atomic E-state index is 9.05. The summed E-state index contributed by atoms with van der Waals surface area (Å²) in [5.41, 5.74) is 0. The lowest BCUT2D eigenvalue weighted by molar-refractivity contribution is -0.0308.